The second-order valence-electron chi connectivity index (χ2n) is 8.66. The molecule has 2 aromatic carbocycles. The van der Waals surface area contributed by atoms with Gasteiger partial charge < -0.3 is 0 Å². The molecule has 3 aliphatic rings. The molecule has 0 radical (unpaired) electrons. The Morgan fingerprint density at radius 2 is 1.66 bits per heavy atom. The highest BCUT2D eigenvalue weighted by atomic mass is 15.5. The fraction of sp³-hybridized carbons (Fsp3) is 0.440. The fourth-order valence-corrected chi connectivity index (χ4v) is 5.35. The SMILES string of the molecule is c1ccc(N/N=C2/CCCC[C@]23C[C@@H]2CCCCC2=NN3c2ccccc2)cc1. The molecule has 1 N–H and O–H groups in total. The molecule has 2 aromatic rings. The summed E-state index contributed by atoms with van der Waals surface area (Å²) in [6.07, 6.45) is 10.8. The second-order valence-corrected chi connectivity index (χ2v) is 8.66. The lowest BCUT2D eigenvalue weighted by atomic mass is 9.69. The number of hydrogen-bond acceptors (Lipinski definition) is 4. The molecule has 4 nitrogen and oxygen atoms in total. The molecule has 2 fully saturated rings. The van der Waals surface area contributed by atoms with E-state index in [9.17, 15) is 0 Å². The van der Waals surface area contributed by atoms with Crippen LogP contribution in [0.25, 0.3) is 0 Å². The average Bonchev–Trinajstić information content (AvgIpc) is 2.79. The number of hydrazone groups is 2. The van der Waals surface area contributed by atoms with Crippen LogP contribution in [0, 0.1) is 5.92 Å². The summed E-state index contributed by atoms with van der Waals surface area (Å²) in [6, 6.07) is 21.0. The van der Waals surface area contributed by atoms with Gasteiger partial charge in [-0.15, -0.1) is 0 Å². The van der Waals surface area contributed by atoms with E-state index in [1.807, 2.05) is 6.07 Å². The molecule has 5 rings (SSSR count). The number of rotatable bonds is 3. The van der Waals surface area contributed by atoms with Crippen molar-refractivity contribution in [3.8, 4) is 0 Å². The zero-order valence-corrected chi connectivity index (χ0v) is 17.1. The van der Waals surface area contributed by atoms with Crippen molar-refractivity contribution in [2.75, 3.05) is 10.4 Å². The largest absolute Gasteiger partial charge is 0.278 e. The van der Waals surface area contributed by atoms with Crippen molar-refractivity contribution in [3.63, 3.8) is 0 Å². The minimum atomic E-state index is -0.104. The molecule has 2 aliphatic carbocycles. The maximum atomic E-state index is 5.30. The van der Waals surface area contributed by atoms with Gasteiger partial charge in [-0.1, -0.05) is 49.2 Å². The van der Waals surface area contributed by atoms with Gasteiger partial charge in [0.2, 0.25) is 0 Å². The summed E-state index contributed by atoms with van der Waals surface area (Å²) in [6.45, 7) is 0. The molecule has 1 spiro atoms. The summed E-state index contributed by atoms with van der Waals surface area (Å²) in [7, 11) is 0. The van der Waals surface area contributed by atoms with Crippen molar-refractivity contribution in [2.24, 2.45) is 16.1 Å². The lowest BCUT2D eigenvalue weighted by Crippen LogP contribution is -2.59. The fourth-order valence-electron chi connectivity index (χ4n) is 5.35. The van der Waals surface area contributed by atoms with Gasteiger partial charge in [-0.25, -0.2) is 0 Å². The molecule has 150 valence electrons. The van der Waals surface area contributed by atoms with Crippen molar-refractivity contribution < 1.29 is 0 Å². The number of anilines is 2. The first-order valence-electron chi connectivity index (χ1n) is 11.2. The van der Waals surface area contributed by atoms with Crippen LogP contribution in [-0.4, -0.2) is 17.0 Å². The van der Waals surface area contributed by atoms with Crippen LogP contribution in [0.3, 0.4) is 0 Å². The Morgan fingerprint density at radius 3 is 2.48 bits per heavy atom. The van der Waals surface area contributed by atoms with Crippen LogP contribution in [-0.2, 0) is 0 Å². The predicted molar refractivity (Wildman–Crippen MR) is 122 cm³/mol. The van der Waals surface area contributed by atoms with E-state index in [4.69, 9.17) is 10.2 Å². The van der Waals surface area contributed by atoms with Crippen molar-refractivity contribution >= 4 is 22.8 Å². The smallest absolute Gasteiger partial charge is 0.104 e. The summed E-state index contributed by atoms with van der Waals surface area (Å²) in [5.74, 6) is 0.615. The van der Waals surface area contributed by atoms with E-state index in [-0.39, 0.29) is 5.54 Å². The van der Waals surface area contributed by atoms with Gasteiger partial charge in [0.05, 0.1) is 17.1 Å². The Bertz CT molecular complexity index is 890. The highest BCUT2D eigenvalue weighted by Crippen LogP contribution is 2.45. The Kier molecular flexibility index (Phi) is 5.09. The number of hydrogen-bond donors (Lipinski definition) is 1. The lowest BCUT2D eigenvalue weighted by Gasteiger charge is -2.51. The zero-order chi connectivity index (χ0) is 19.5. The van der Waals surface area contributed by atoms with Crippen LogP contribution in [0.1, 0.15) is 57.8 Å². The molecule has 0 saturated heterocycles. The van der Waals surface area contributed by atoms with E-state index in [0.29, 0.717) is 5.92 Å². The standard InChI is InChI=1S/C25H30N4/c1-3-12-21(13-4-1)26-27-24-17-9-10-18-25(24)19-20-11-7-8-16-23(20)28-29(25)22-14-5-2-6-15-22/h1-6,12-15,20,26H,7-11,16-19H2/b27-24-/t20-,25-/m0/s1. The van der Waals surface area contributed by atoms with Crippen LogP contribution in [0.5, 0.6) is 0 Å². The number of para-hydroxylation sites is 2. The monoisotopic (exact) mass is 386 g/mol. The van der Waals surface area contributed by atoms with Crippen molar-refractivity contribution in [1.82, 2.24) is 0 Å². The minimum absolute atomic E-state index is 0.104. The van der Waals surface area contributed by atoms with Crippen LogP contribution in [0.2, 0.25) is 0 Å². The molecule has 0 aromatic heterocycles. The number of benzene rings is 2. The van der Waals surface area contributed by atoms with Crippen LogP contribution in [0.4, 0.5) is 11.4 Å². The van der Waals surface area contributed by atoms with Gasteiger partial charge in [0.25, 0.3) is 0 Å². The summed E-state index contributed by atoms with van der Waals surface area (Å²) < 4.78 is 0. The third-order valence-corrected chi connectivity index (χ3v) is 6.81. The summed E-state index contributed by atoms with van der Waals surface area (Å²) in [5.41, 5.74) is 8.15. The third kappa shape index (κ3) is 3.57. The average molecular weight is 387 g/mol. The Hall–Kier alpha value is -2.62. The molecular formula is C25H30N4. The number of nitrogens with one attached hydrogen (secondary N) is 1. The second kappa shape index (κ2) is 8.02. The molecule has 2 saturated carbocycles. The number of fused-ring (bicyclic) bond motifs is 1. The Labute approximate surface area is 173 Å². The lowest BCUT2D eigenvalue weighted by molar-refractivity contribution is 0.323. The van der Waals surface area contributed by atoms with Crippen LogP contribution in [0.15, 0.2) is 70.9 Å². The van der Waals surface area contributed by atoms with E-state index in [1.165, 1.54) is 49.2 Å². The van der Waals surface area contributed by atoms with Gasteiger partial charge in [-0.2, -0.15) is 10.2 Å². The highest BCUT2D eigenvalue weighted by molar-refractivity contribution is 6.01. The molecule has 4 heteroatoms. The van der Waals surface area contributed by atoms with Crippen molar-refractivity contribution in [3.05, 3.63) is 60.7 Å². The maximum Gasteiger partial charge on any atom is 0.104 e. The molecular weight excluding hydrogens is 356 g/mol. The summed E-state index contributed by atoms with van der Waals surface area (Å²) >= 11 is 0. The van der Waals surface area contributed by atoms with Gasteiger partial charge in [-0.05, 0) is 69.2 Å². The van der Waals surface area contributed by atoms with Crippen LogP contribution >= 0.6 is 0 Å². The molecule has 1 aliphatic heterocycles. The third-order valence-electron chi connectivity index (χ3n) is 6.81. The van der Waals surface area contributed by atoms with E-state index in [0.717, 1.165) is 31.4 Å². The maximum absolute atomic E-state index is 5.30. The normalized spacial score (nSPS) is 28.1. The first-order chi connectivity index (χ1) is 14.4. The van der Waals surface area contributed by atoms with Crippen LogP contribution < -0.4 is 10.4 Å². The Balaban J connectivity index is 1.56. The molecule has 1 heterocycles. The first kappa shape index (κ1) is 18.4. The van der Waals surface area contributed by atoms with Gasteiger partial charge in [0.1, 0.15) is 5.54 Å². The van der Waals surface area contributed by atoms with Gasteiger partial charge in [0, 0.05) is 11.6 Å². The van der Waals surface area contributed by atoms with Gasteiger partial charge in [0.15, 0.2) is 0 Å². The quantitative estimate of drug-likeness (QED) is 0.636. The molecule has 2 atom stereocenters. The molecule has 0 unspecified atom stereocenters. The van der Waals surface area contributed by atoms with E-state index in [2.05, 4.69) is 65.0 Å². The molecule has 0 amide bonds. The van der Waals surface area contributed by atoms with E-state index >= 15 is 0 Å². The molecule has 0 bridgehead atoms. The molecule has 29 heavy (non-hydrogen) atoms. The van der Waals surface area contributed by atoms with Gasteiger partial charge >= 0.3 is 0 Å². The Morgan fingerprint density at radius 1 is 0.897 bits per heavy atom. The summed E-state index contributed by atoms with van der Waals surface area (Å²) in [5, 5.41) is 12.6. The minimum Gasteiger partial charge on any atom is -0.278 e. The first-order valence-corrected chi connectivity index (χ1v) is 11.2. The van der Waals surface area contributed by atoms with E-state index < -0.39 is 0 Å². The van der Waals surface area contributed by atoms with Crippen molar-refractivity contribution in [1.29, 1.82) is 0 Å². The van der Waals surface area contributed by atoms with Gasteiger partial charge in [-0.3, -0.25) is 10.4 Å². The topological polar surface area (TPSA) is 40.0 Å². The predicted octanol–water partition coefficient (Wildman–Crippen LogP) is 6.22. The number of nitrogens with zero attached hydrogens (tertiary/aromatic N) is 3. The van der Waals surface area contributed by atoms with Crippen molar-refractivity contribution in [2.45, 2.75) is 63.3 Å². The summed E-state index contributed by atoms with van der Waals surface area (Å²) in [4.78, 5) is 0. The van der Waals surface area contributed by atoms with E-state index in [1.54, 1.807) is 0 Å². The zero-order valence-electron chi connectivity index (χ0n) is 17.1. The highest BCUT2D eigenvalue weighted by Gasteiger charge is 2.49.